The van der Waals surface area contributed by atoms with E-state index in [0.29, 0.717) is 12.5 Å². The van der Waals surface area contributed by atoms with Gasteiger partial charge < -0.3 is 19.9 Å². The van der Waals surface area contributed by atoms with Gasteiger partial charge >= 0.3 is 6.03 Å². The lowest BCUT2D eigenvalue weighted by molar-refractivity contribution is -0.181. The predicted molar refractivity (Wildman–Crippen MR) is 79.9 cm³/mol. The average Bonchev–Trinajstić information content (AvgIpc) is 2.45. The molecular formula is C15H27N3O3. The Hall–Kier alpha value is -1.30. The molecule has 3 amide bonds. The van der Waals surface area contributed by atoms with E-state index in [1.54, 1.807) is 7.11 Å². The quantitative estimate of drug-likeness (QED) is 0.789. The van der Waals surface area contributed by atoms with Gasteiger partial charge in [0.05, 0.1) is 6.04 Å². The number of carbonyl (C=O) groups excluding carboxylic acids is 2. The zero-order valence-electron chi connectivity index (χ0n) is 13.5. The van der Waals surface area contributed by atoms with Crippen LogP contribution in [0.3, 0.4) is 0 Å². The van der Waals surface area contributed by atoms with Crippen LogP contribution in [0.5, 0.6) is 0 Å². The van der Waals surface area contributed by atoms with E-state index in [1.807, 2.05) is 30.6 Å². The van der Waals surface area contributed by atoms with Crippen molar-refractivity contribution in [3.8, 4) is 0 Å². The third kappa shape index (κ3) is 3.00. The van der Waals surface area contributed by atoms with Crippen molar-refractivity contribution in [2.24, 2.45) is 5.92 Å². The molecule has 0 saturated carbocycles. The number of piperidine rings is 1. The first-order chi connectivity index (χ1) is 10.0. The Morgan fingerprint density at radius 1 is 1.38 bits per heavy atom. The van der Waals surface area contributed by atoms with Gasteiger partial charge in [0, 0.05) is 32.8 Å². The Balaban J connectivity index is 1.94. The first-order valence-corrected chi connectivity index (χ1v) is 7.89. The van der Waals surface area contributed by atoms with Gasteiger partial charge in [-0.05, 0) is 39.5 Å². The Morgan fingerprint density at radius 3 is 2.48 bits per heavy atom. The summed E-state index contributed by atoms with van der Waals surface area (Å²) in [6, 6.07) is 0.388. The first-order valence-electron chi connectivity index (χ1n) is 7.89. The van der Waals surface area contributed by atoms with E-state index in [2.05, 4.69) is 5.32 Å². The molecule has 2 aliphatic heterocycles. The monoisotopic (exact) mass is 297 g/mol. The van der Waals surface area contributed by atoms with Gasteiger partial charge in [0.15, 0.2) is 6.10 Å². The Bertz CT molecular complexity index is 392. The fourth-order valence-electron chi connectivity index (χ4n) is 3.52. The Labute approximate surface area is 126 Å². The molecule has 0 spiro atoms. The number of methoxy groups -OCH3 is 1. The molecule has 2 fully saturated rings. The summed E-state index contributed by atoms with van der Waals surface area (Å²) < 4.78 is 5.37. The van der Waals surface area contributed by atoms with Crippen LogP contribution >= 0.6 is 0 Å². The third-order valence-corrected chi connectivity index (χ3v) is 4.58. The van der Waals surface area contributed by atoms with E-state index in [9.17, 15) is 9.59 Å². The topological polar surface area (TPSA) is 61.9 Å². The summed E-state index contributed by atoms with van der Waals surface area (Å²) in [5.74, 6) is 0.518. The van der Waals surface area contributed by atoms with Crippen LogP contribution in [0, 0.1) is 5.92 Å². The Kier molecular flexibility index (Phi) is 5.08. The lowest BCUT2D eigenvalue weighted by Gasteiger charge is -2.53. The van der Waals surface area contributed by atoms with Crippen LogP contribution in [0.25, 0.3) is 0 Å². The number of likely N-dealkylation sites (tertiary alicyclic amines) is 2. The molecule has 2 aliphatic rings. The maximum atomic E-state index is 12.1. The zero-order chi connectivity index (χ0) is 15.6. The number of hydrogen-bond donors (Lipinski definition) is 1. The highest BCUT2D eigenvalue weighted by Crippen LogP contribution is 2.36. The summed E-state index contributed by atoms with van der Waals surface area (Å²) in [5, 5.41) is 2.84. The number of amides is 3. The zero-order valence-corrected chi connectivity index (χ0v) is 13.5. The second-order valence-corrected chi connectivity index (χ2v) is 6.15. The van der Waals surface area contributed by atoms with Crippen LogP contribution in [-0.4, -0.2) is 66.7 Å². The number of nitrogens with zero attached hydrogens (tertiary/aromatic N) is 2. The summed E-state index contributed by atoms with van der Waals surface area (Å²) in [6.45, 7) is 8.17. The molecule has 1 N–H and O–H groups in total. The van der Waals surface area contributed by atoms with Gasteiger partial charge in [0.25, 0.3) is 5.91 Å². The second-order valence-electron chi connectivity index (χ2n) is 6.15. The molecule has 2 rings (SSSR count). The van der Waals surface area contributed by atoms with Crippen LogP contribution < -0.4 is 5.32 Å². The van der Waals surface area contributed by atoms with Crippen LogP contribution in [-0.2, 0) is 9.53 Å². The molecule has 0 radical (unpaired) electrons. The first kappa shape index (κ1) is 16.1. The highest BCUT2D eigenvalue weighted by atomic mass is 16.5. The number of rotatable bonds is 4. The lowest BCUT2D eigenvalue weighted by atomic mass is 9.79. The van der Waals surface area contributed by atoms with Crippen molar-refractivity contribution in [3.05, 3.63) is 0 Å². The van der Waals surface area contributed by atoms with Crippen molar-refractivity contribution in [1.29, 1.82) is 0 Å². The SMILES string of the molecule is CCNC(=O)N1CCC([C@H]2[C@@H](OC)C(=O)N2C(C)C)CC1. The van der Waals surface area contributed by atoms with E-state index < -0.39 is 0 Å². The standard InChI is InChI=1S/C15H27N3O3/c1-5-16-15(20)17-8-6-11(7-9-17)12-13(21-4)14(19)18(12)10(2)3/h10-13H,5-9H2,1-4H3,(H,16,20)/t12-,13+/m0/s1. The van der Waals surface area contributed by atoms with Gasteiger partial charge in [0.1, 0.15) is 0 Å². The summed E-state index contributed by atoms with van der Waals surface area (Å²) in [5.41, 5.74) is 0. The molecule has 120 valence electrons. The van der Waals surface area contributed by atoms with Gasteiger partial charge in [-0.1, -0.05) is 0 Å². The lowest BCUT2D eigenvalue weighted by Crippen LogP contribution is -2.70. The second kappa shape index (κ2) is 6.64. The molecular weight excluding hydrogens is 270 g/mol. The highest BCUT2D eigenvalue weighted by molar-refractivity contribution is 5.88. The number of carbonyl (C=O) groups is 2. The number of nitrogens with one attached hydrogen (secondary N) is 1. The van der Waals surface area contributed by atoms with E-state index >= 15 is 0 Å². The molecule has 0 unspecified atom stereocenters. The molecule has 21 heavy (non-hydrogen) atoms. The van der Waals surface area contributed by atoms with E-state index in [0.717, 1.165) is 25.9 Å². The summed E-state index contributed by atoms with van der Waals surface area (Å²) in [7, 11) is 1.61. The van der Waals surface area contributed by atoms with Crippen LogP contribution in [0.1, 0.15) is 33.6 Å². The summed E-state index contributed by atoms with van der Waals surface area (Å²) in [4.78, 5) is 27.7. The molecule has 0 bridgehead atoms. The van der Waals surface area contributed by atoms with Gasteiger partial charge in [-0.15, -0.1) is 0 Å². The highest BCUT2D eigenvalue weighted by Gasteiger charge is 2.52. The third-order valence-electron chi connectivity index (χ3n) is 4.58. The molecule has 6 heteroatoms. The van der Waals surface area contributed by atoms with E-state index in [-0.39, 0.29) is 30.1 Å². The van der Waals surface area contributed by atoms with Crippen LogP contribution in [0.2, 0.25) is 0 Å². The van der Waals surface area contributed by atoms with Gasteiger partial charge in [-0.2, -0.15) is 0 Å². The maximum absolute atomic E-state index is 12.1. The molecule has 0 aromatic carbocycles. The van der Waals surface area contributed by atoms with Gasteiger partial charge in [0.2, 0.25) is 0 Å². The molecule has 2 heterocycles. The van der Waals surface area contributed by atoms with Gasteiger partial charge in [-0.25, -0.2) is 4.79 Å². The fraction of sp³-hybridized carbons (Fsp3) is 0.867. The summed E-state index contributed by atoms with van der Waals surface area (Å²) >= 11 is 0. The fourth-order valence-corrected chi connectivity index (χ4v) is 3.52. The average molecular weight is 297 g/mol. The molecule has 6 nitrogen and oxygen atoms in total. The van der Waals surface area contributed by atoms with Crippen molar-refractivity contribution < 1.29 is 14.3 Å². The van der Waals surface area contributed by atoms with Crippen molar-refractivity contribution >= 4 is 11.9 Å². The molecule has 2 saturated heterocycles. The number of ether oxygens (including phenoxy) is 1. The van der Waals surface area contributed by atoms with Crippen molar-refractivity contribution in [2.75, 3.05) is 26.7 Å². The van der Waals surface area contributed by atoms with Gasteiger partial charge in [-0.3, -0.25) is 4.79 Å². The van der Waals surface area contributed by atoms with Crippen molar-refractivity contribution in [2.45, 2.75) is 51.8 Å². The predicted octanol–water partition coefficient (Wildman–Crippen LogP) is 1.06. The molecule has 0 aromatic heterocycles. The minimum Gasteiger partial charge on any atom is -0.369 e. The number of hydrogen-bond acceptors (Lipinski definition) is 3. The largest absolute Gasteiger partial charge is 0.369 e. The van der Waals surface area contributed by atoms with Crippen molar-refractivity contribution in [1.82, 2.24) is 15.1 Å². The maximum Gasteiger partial charge on any atom is 0.317 e. The smallest absolute Gasteiger partial charge is 0.317 e. The van der Waals surface area contributed by atoms with E-state index in [4.69, 9.17) is 4.74 Å². The molecule has 0 aliphatic carbocycles. The molecule has 2 atom stereocenters. The number of β-lactam (4-membered cyclic amide) rings is 1. The van der Waals surface area contributed by atoms with Crippen LogP contribution in [0.15, 0.2) is 0 Å². The van der Waals surface area contributed by atoms with E-state index in [1.165, 1.54) is 0 Å². The minimum absolute atomic E-state index is 0.0182. The normalized spacial score (nSPS) is 27.0. The minimum atomic E-state index is -0.298. The van der Waals surface area contributed by atoms with Crippen LogP contribution in [0.4, 0.5) is 4.79 Å². The number of urea groups is 1. The summed E-state index contributed by atoms with van der Waals surface area (Å²) in [6.07, 6.45) is 1.56. The van der Waals surface area contributed by atoms with Crippen molar-refractivity contribution in [3.63, 3.8) is 0 Å². The molecule has 0 aromatic rings. The Morgan fingerprint density at radius 2 is 2.00 bits per heavy atom.